The molecular weight excluding hydrogens is 583 g/mol. The van der Waals surface area contributed by atoms with E-state index >= 15 is 0 Å². The molecule has 2 amide bonds. The molecule has 42 heavy (non-hydrogen) atoms. The van der Waals surface area contributed by atoms with Crippen molar-refractivity contribution in [3.05, 3.63) is 47.8 Å². The van der Waals surface area contributed by atoms with Crippen molar-refractivity contribution in [2.75, 3.05) is 6.61 Å². The van der Waals surface area contributed by atoms with Gasteiger partial charge in [-0.3, -0.25) is 9.59 Å². The standard InChI is InChI=1S/C29H31FN4O6S2/c1-28(2,3)40-27(37)24-29(4,5)41-26-23(25(36)34(24)26)33-21(35)13-39-15-7-8-16-20(11-15)42(38)31-12-18-17-10-14(30)6-9-19(17)32-22(16)18/h6-11,23-24,26,31-32H,12-13H2,1-5H3,(H,33,35). The number of nitrogens with zero attached hydrogens (tertiary/aromatic N) is 1. The number of fused-ring (bicyclic) bond motifs is 6. The Kier molecular flexibility index (Phi) is 6.89. The summed E-state index contributed by atoms with van der Waals surface area (Å²) in [5.74, 6) is -1.34. The van der Waals surface area contributed by atoms with E-state index in [4.69, 9.17) is 9.47 Å². The largest absolute Gasteiger partial charge is 0.484 e. The summed E-state index contributed by atoms with van der Waals surface area (Å²) in [6, 6.07) is 7.98. The Morgan fingerprint density at radius 2 is 1.98 bits per heavy atom. The number of carbonyl (C=O) groups is 3. The summed E-state index contributed by atoms with van der Waals surface area (Å²) in [7, 11) is -1.58. The average molecular weight is 615 g/mol. The molecule has 13 heteroatoms. The number of aromatic amines is 1. The first-order valence-corrected chi connectivity index (χ1v) is 15.5. The van der Waals surface area contributed by atoms with E-state index in [0.29, 0.717) is 21.6 Å². The van der Waals surface area contributed by atoms with Crippen LogP contribution in [-0.4, -0.2) is 66.3 Å². The Hall–Kier alpha value is -3.42. The van der Waals surface area contributed by atoms with Crippen LogP contribution in [-0.2, 0) is 36.7 Å². The lowest BCUT2D eigenvalue weighted by molar-refractivity contribution is -0.171. The lowest BCUT2D eigenvalue weighted by atomic mass is 9.95. The molecule has 4 atom stereocenters. The minimum absolute atomic E-state index is 0.274. The van der Waals surface area contributed by atoms with Gasteiger partial charge in [0.2, 0.25) is 5.91 Å². The number of hydrogen-bond acceptors (Lipinski definition) is 7. The van der Waals surface area contributed by atoms with Gasteiger partial charge in [0.15, 0.2) is 6.61 Å². The highest BCUT2D eigenvalue weighted by molar-refractivity contribution is 8.01. The molecule has 10 nitrogen and oxygen atoms in total. The molecule has 3 aliphatic rings. The number of nitrogens with one attached hydrogen (secondary N) is 3. The fraction of sp³-hybridized carbons (Fsp3) is 0.414. The number of halogens is 1. The SMILES string of the molecule is CC(C)(C)OC(=O)C1N2C(=O)C(NC(=O)COc3ccc4c(c3)S(=O)NCc3c-4[nH]c4ccc(F)cc34)C2SC1(C)C. The number of H-pyrrole nitrogens is 1. The Labute approximate surface area is 248 Å². The van der Waals surface area contributed by atoms with Gasteiger partial charge in [-0.2, -0.15) is 0 Å². The molecule has 1 aromatic heterocycles. The third-order valence-corrected chi connectivity index (χ3v) is 10.1. The van der Waals surface area contributed by atoms with Gasteiger partial charge < -0.3 is 24.7 Å². The molecule has 3 aliphatic heterocycles. The fourth-order valence-electron chi connectivity index (χ4n) is 5.65. The molecule has 0 saturated carbocycles. The van der Waals surface area contributed by atoms with Crippen LogP contribution in [0.3, 0.4) is 0 Å². The molecule has 2 aromatic carbocycles. The number of rotatable bonds is 5. The normalized spacial score (nSPS) is 24.2. The Balaban J connectivity index is 1.13. The van der Waals surface area contributed by atoms with Crippen molar-refractivity contribution in [2.24, 2.45) is 0 Å². The van der Waals surface area contributed by atoms with Crippen molar-refractivity contribution in [2.45, 2.75) is 73.9 Å². The van der Waals surface area contributed by atoms with Crippen molar-refractivity contribution in [3.8, 4) is 17.0 Å². The van der Waals surface area contributed by atoms with Crippen molar-refractivity contribution >= 4 is 51.4 Å². The minimum atomic E-state index is -1.58. The summed E-state index contributed by atoms with van der Waals surface area (Å²) < 4.78 is 40.6. The molecule has 3 N–H and O–H groups in total. The van der Waals surface area contributed by atoms with E-state index in [1.165, 1.54) is 28.8 Å². The average Bonchev–Trinajstić information content (AvgIpc) is 3.34. The highest BCUT2D eigenvalue weighted by Gasteiger charge is 2.64. The van der Waals surface area contributed by atoms with Gasteiger partial charge >= 0.3 is 5.97 Å². The Morgan fingerprint density at radius 3 is 2.71 bits per heavy atom. The number of hydrogen-bond donors (Lipinski definition) is 3. The van der Waals surface area contributed by atoms with E-state index in [-0.39, 0.29) is 24.9 Å². The van der Waals surface area contributed by atoms with Gasteiger partial charge in [0.25, 0.3) is 5.91 Å². The van der Waals surface area contributed by atoms with Crippen LogP contribution in [0.5, 0.6) is 5.75 Å². The van der Waals surface area contributed by atoms with Gasteiger partial charge in [0.05, 0.1) is 10.6 Å². The second-order valence-electron chi connectivity index (χ2n) is 12.0. The third kappa shape index (κ3) is 4.96. The van der Waals surface area contributed by atoms with Crippen LogP contribution in [0.25, 0.3) is 22.2 Å². The monoisotopic (exact) mass is 614 g/mol. The smallest absolute Gasteiger partial charge is 0.330 e. The number of aromatic nitrogens is 1. The molecule has 6 rings (SSSR count). The lowest BCUT2D eigenvalue weighted by Gasteiger charge is -2.44. The van der Waals surface area contributed by atoms with E-state index in [1.54, 1.807) is 45.0 Å². The molecule has 0 bridgehead atoms. The minimum Gasteiger partial charge on any atom is -0.484 e. The lowest BCUT2D eigenvalue weighted by Crippen LogP contribution is -2.71. The van der Waals surface area contributed by atoms with Gasteiger partial charge in [0, 0.05) is 33.3 Å². The van der Waals surface area contributed by atoms with Gasteiger partial charge in [-0.1, -0.05) is 0 Å². The predicted molar refractivity (Wildman–Crippen MR) is 156 cm³/mol. The number of β-lactam (4-membered cyclic amide) rings is 1. The second-order valence-corrected chi connectivity index (χ2v) is 15.1. The van der Waals surface area contributed by atoms with Gasteiger partial charge in [-0.15, -0.1) is 11.8 Å². The van der Waals surface area contributed by atoms with Gasteiger partial charge in [0.1, 0.15) is 45.6 Å². The Bertz CT molecular complexity index is 1670. The van der Waals surface area contributed by atoms with Crippen LogP contribution in [0.4, 0.5) is 4.39 Å². The molecule has 0 spiro atoms. The molecule has 0 radical (unpaired) electrons. The van der Waals surface area contributed by atoms with Crippen LogP contribution < -0.4 is 14.8 Å². The maximum absolute atomic E-state index is 13.9. The van der Waals surface area contributed by atoms with Crippen molar-refractivity contribution in [3.63, 3.8) is 0 Å². The molecule has 4 heterocycles. The van der Waals surface area contributed by atoms with Crippen LogP contribution in [0.2, 0.25) is 0 Å². The van der Waals surface area contributed by atoms with E-state index in [2.05, 4.69) is 15.0 Å². The topological polar surface area (TPSA) is 130 Å². The number of amides is 2. The van der Waals surface area contributed by atoms with E-state index < -0.39 is 50.7 Å². The van der Waals surface area contributed by atoms with E-state index in [0.717, 1.165) is 16.8 Å². The zero-order valence-electron chi connectivity index (χ0n) is 23.7. The molecule has 0 aliphatic carbocycles. The second kappa shape index (κ2) is 10.1. The fourth-order valence-corrected chi connectivity index (χ4v) is 8.29. The number of carbonyl (C=O) groups excluding carboxylic acids is 3. The predicted octanol–water partition coefficient (Wildman–Crippen LogP) is 3.37. The number of esters is 1. The Morgan fingerprint density at radius 1 is 1.21 bits per heavy atom. The summed E-state index contributed by atoms with van der Waals surface area (Å²) in [5.41, 5.74) is 2.31. The van der Waals surface area contributed by atoms with Crippen LogP contribution in [0, 0.1) is 5.82 Å². The zero-order valence-corrected chi connectivity index (χ0v) is 25.3. The van der Waals surface area contributed by atoms with Crippen LogP contribution >= 0.6 is 11.8 Å². The van der Waals surface area contributed by atoms with Gasteiger partial charge in [-0.25, -0.2) is 18.1 Å². The van der Waals surface area contributed by atoms with Crippen molar-refractivity contribution in [1.82, 2.24) is 19.9 Å². The first-order chi connectivity index (χ1) is 19.7. The first-order valence-electron chi connectivity index (χ1n) is 13.5. The molecule has 3 aromatic rings. The molecule has 4 unspecified atom stereocenters. The summed E-state index contributed by atoms with van der Waals surface area (Å²) in [5, 5.41) is 3.05. The molecule has 222 valence electrons. The molecular formula is C29H31FN4O6S2. The van der Waals surface area contributed by atoms with Gasteiger partial charge in [-0.05, 0) is 71.0 Å². The first kappa shape index (κ1) is 28.7. The maximum Gasteiger partial charge on any atom is 0.330 e. The zero-order chi connectivity index (χ0) is 30.1. The summed E-state index contributed by atoms with van der Waals surface area (Å²) in [4.78, 5) is 44.0. The van der Waals surface area contributed by atoms with Crippen molar-refractivity contribution in [1.29, 1.82) is 0 Å². The molecule has 2 saturated heterocycles. The maximum atomic E-state index is 13.9. The molecule has 2 fully saturated rings. The van der Waals surface area contributed by atoms with Crippen LogP contribution in [0.15, 0.2) is 41.3 Å². The van der Waals surface area contributed by atoms with Crippen molar-refractivity contribution < 1.29 is 32.5 Å². The summed E-state index contributed by atoms with van der Waals surface area (Å²) >= 11 is 1.45. The third-order valence-electron chi connectivity index (χ3n) is 7.43. The van der Waals surface area contributed by atoms with E-state index in [1.807, 2.05) is 13.8 Å². The summed E-state index contributed by atoms with van der Waals surface area (Å²) in [6.07, 6.45) is 0. The number of benzene rings is 2. The number of ether oxygens (including phenoxy) is 2. The van der Waals surface area contributed by atoms with Crippen LogP contribution in [0.1, 0.15) is 40.2 Å². The number of thioether (sulfide) groups is 1. The summed E-state index contributed by atoms with van der Waals surface area (Å²) in [6.45, 7) is 9.00. The highest BCUT2D eigenvalue weighted by Crippen LogP contribution is 2.51. The quantitative estimate of drug-likeness (QED) is 0.297. The highest BCUT2D eigenvalue weighted by atomic mass is 32.2. The van der Waals surface area contributed by atoms with E-state index in [9.17, 15) is 23.0 Å².